The molecule has 0 amide bonds. The second kappa shape index (κ2) is 6.68. The van der Waals surface area contributed by atoms with Crippen LogP contribution in [0.5, 0.6) is 0 Å². The van der Waals surface area contributed by atoms with E-state index in [2.05, 4.69) is 32.9 Å². The number of hydrogen-bond acceptors (Lipinski definition) is 1. The molecule has 2 N–H and O–H groups in total. The van der Waals surface area contributed by atoms with Gasteiger partial charge in [0.15, 0.2) is 0 Å². The van der Waals surface area contributed by atoms with Crippen LogP contribution >= 0.6 is 12.4 Å². The quantitative estimate of drug-likeness (QED) is 0.521. The first-order valence-corrected chi connectivity index (χ1v) is 3.94. The molecule has 0 aromatic heterocycles. The fraction of sp³-hybridized carbons (Fsp3) is 0.778. The Morgan fingerprint density at radius 3 is 2.18 bits per heavy atom. The zero-order chi connectivity index (χ0) is 8.04. The van der Waals surface area contributed by atoms with Crippen molar-refractivity contribution < 1.29 is 0 Å². The van der Waals surface area contributed by atoms with Crippen molar-refractivity contribution in [2.24, 2.45) is 11.1 Å². The van der Waals surface area contributed by atoms with E-state index in [-0.39, 0.29) is 12.4 Å². The molecule has 0 saturated heterocycles. The van der Waals surface area contributed by atoms with E-state index in [1.165, 1.54) is 0 Å². The van der Waals surface area contributed by atoms with Crippen molar-refractivity contribution in [3.63, 3.8) is 0 Å². The molecule has 0 fully saturated rings. The Hall–Kier alpha value is -0.0100. The second-order valence-corrected chi connectivity index (χ2v) is 3.70. The SMILES string of the molecule is CC(C)(C)/C=C/CCCN.Cl. The highest BCUT2D eigenvalue weighted by Crippen LogP contribution is 2.14. The van der Waals surface area contributed by atoms with Crippen molar-refractivity contribution in [3.05, 3.63) is 12.2 Å². The van der Waals surface area contributed by atoms with E-state index in [0.717, 1.165) is 19.4 Å². The standard InChI is InChI=1S/C9H19N.ClH/c1-9(2,3)7-5-4-6-8-10;/h5,7H,4,6,8,10H2,1-3H3;1H/b7-5+;. The monoisotopic (exact) mass is 177 g/mol. The Kier molecular flexibility index (Phi) is 8.25. The summed E-state index contributed by atoms with van der Waals surface area (Å²) in [6, 6.07) is 0. The van der Waals surface area contributed by atoms with Crippen molar-refractivity contribution in [1.29, 1.82) is 0 Å². The summed E-state index contributed by atoms with van der Waals surface area (Å²) in [5.74, 6) is 0. The number of allylic oxidation sites excluding steroid dienone is 2. The van der Waals surface area contributed by atoms with Gasteiger partial charge < -0.3 is 5.73 Å². The fourth-order valence-electron chi connectivity index (χ4n) is 0.673. The van der Waals surface area contributed by atoms with E-state index in [0.29, 0.717) is 5.41 Å². The van der Waals surface area contributed by atoms with Crippen molar-refractivity contribution in [1.82, 2.24) is 0 Å². The minimum atomic E-state index is 0. The summed E-state index contributed by atoms with van der Waals surface area (Å²) < 4.78 is 0. The number of halogens is 1. The third-order valence-electron chi connectivity index (χ3n) is 1.19. The van der Waals surface area contributed by atoms with Gasteiger partial charge in [-0.1, -0.05) is 32.9 Å². The molecule has 68 valence electrons. The molecule has 0 rings (SSSR count). The van der Waals surface area contributed by atoms with Gasteiger partial charge in [-0.15, -0.1) is 12.4 Å². The first-order valence-electron chi connectivity index (χ1n) is 3.94. The third kappa shape index (κ3) is 13.1. The smallest absolute Gasteiger partial charge is 0.00743 e. The largest absolute Gasteiger partial charge is 0.330 e. The number of unbranched alkanes of at least 4 members (excludes halogenated alkanes) is 1. The average molecular weight is 178 g/mol. The molecular weight excluding hydrogens is 158 g/mol. The van der Waals surface area contributed by atoms with E-state index < -0.39 is 0 Å². The van der Waals surface area contributed by atoms with Crippen LogP contribution in [-0.4, -0.2) is 6.54 Å². The Morgan fingerprint density at radius 1 is 1.27 bits per heavy atom. The molecule has 11 heavy (non-hydrogen) atoms. The number of rotatable bonds is 3. The highest BCUT2D eigenvalue weighted by molar-refractivity contribution is 5.85. The van der Waals surface area contributed by atoms with Crippen LogP contribution in [0.15, 0.2) is 12.2 Å². The number of hydrogen-bond donors (Lipinski definition) is 1. The van der Waals surface area contributed by atoms with Crippen LogP contribution in [0.25, 0.3) is 0 Å². The summed E-state index contributed by atoms with van der Waals surface area (Å²) in [7, 11) is 0. The van der Waals surface area contributed by atoms with Gasteiger partial charge in [-0.3, -0.25) is 0 Å². The van der Waals surface area contributed by atoms with Crippen molar-refractivity contribution in [3.8, 4) is 0 Å². The fourth-order valence-corrected chi connectivity index (χ4v) is 0.673. The first kappa shape index (κ1) is 13.6. The van der Waals surface area contributed by atoms with Gasteiger partial charge in [0.25, 0.3) is 0 Å². The molecule has 0 aliphatic rings. The van der Waals surface area contributed by atoms with Gasteiger partial charge in [0.05, 0.1) is 0 Å². The highest BCUT2D eigenvalue weighted by Gasteiger charge is 2.01. The molecule has 2 heteroatoms. The van der Waals surface area contributed by atoms with Crippen LogP contribution in [0.4, 0.5) is 0 Å². The van der Waals surface area contributed by atoms with Gasteiger partial charge in [0.1, 0.15) is 0 Å². The van der Waals surface area contributed by atoms with Crippen LogP contribution < -0.4 is 5.73 Å². The second-order valence-electron chi connectivity index (χ2n) is 3.70. The molecule has 0 atom stereocenters. The molecule has 0 spiro atoms. The molecule has 0 aliphatic heterocycles. The maximum absolute atomic E-state index is 5.34. The topological polar surface area (TPSA) is 26.0 Å². The van der Waals surface area contributed by atoms with Gasteiger partial charge >= 0.3 is 0 Å². The molecule has 0 saturated carbocycles. The number of nitrogens with two attached hydrogens (primary N) is 1. The Labute approximate surface area is 76.5 Å². The lowest BCUT2D eigenvalue weighted by molar-refractivity contribution is 0.541. The van der Waals surface area contributed by atoms with E-state index in [1.807, 2.05) is 0 Å². The maximum Gasteiger partial charge on any atom is -0.00743 e. The van der Waals surface area contributed by atoms with E-state index in [4.69, 9.17) is 5.73 Å². The van der Waals surface area contributed by atoms with Crippen LogP contribution in [0.1, 0.15) is 33.6 Å². The van der Waals surface area contributed by atoms with Crippen molar-refractivity contribution >= 4 is 12.4 Å². The summed E-state index contributed by atoms with van der Waals surface area (Å²) in [5, 5.41) is 0. The summed E-state index contributed by atoms with van der Waals surface area (Å²) in [6.07, 6.45) is 6.68. The van der Waals surface area contributed by atoms with Crippen LogP contribution in [-0.2, 0) is 0 Å². The Balaban J connectivity index is 0. The minimum Gasteiger partial charge on any atom is -0.330 e. The predicted octanol–water partition coefficient (Wildman–Crippen LogP) is 2.75. The Morgan fingerprint density at radius 2 is 1.82 bits per heavy atom. The van der Waals surface area contributed by atoms with Crippen LogP contribution in [0.3, 0.4) is 0 Å². The zero-order valence-electron chi connectivity index (χ0n) is 7.76. The molecule has 0 aliphatic carbocycles. The lowest BCUT2D eigenvalue weighted by Gasteiger charge is -2.10. The molecule has 0 radical (unpaired) electrons. The highest BCUT2D eigenvalue weighted by atomic mass is 35.5. The predicted molar refractivity (Wildman–Crippen MR) is 54.1 cm³/mol. The van der Waals surface area contributed by atoms with Gasteiger partial charge in [0, 0.05) is 0 Å². The summed E-state index contributed by atoms with van der Waals surface area (Å²) in [5.41, 5.74) is 5.67. The normalized spacial score (nSPS) is 11.6. The lowest BCUT2D eigenvalue weighted by Crippen LogP contribution is -1.99. The lowest BCUT2D eigenvalue weighted by atomic mass is 9.96. The average Bonchev–Trinajstić information content (AvgIpc) is 1.78. The molecule has 0 heterocycles. The molecule has 0 aromatic rings. The van der Waals surface area contributed by atoms with E-state index >= 15 is 0 Å². The van der Waals surface area contributed by atoms with Gasteiger partial charge in [-0.05, 0) is 24.8 Å². The van der Waals surface area contributed by atoms with Crippen molar-refractivity contribution in [2.75, 3.05) is 6.54 Å². The van der Waals surface area contributed by atoms with E-state index in [9.17, 15) is 0 Å². The molecular formula is C9H20ClN. The minimum absolute atomic E-state index is 0. The molecule has 1 nitrogen and oxygen atoms in total. The first-order chi connectivity index (χ1) is 4.56. The van der Waals surface area contributed by atoms with Crippen LogP contribution in [0, 0.1) is 5.41 Å². The summed E-state index contributed by atoms with van der Waals surface area (Å²) >= 11 is 0. The summed E-state index contributed by atoms with van der Waals surface area (Å²) in [4.78, 5) is 0. The Bertz CT molecular complexity index is 103. The van der Waals surface area contributed by atoms with Crippen molar-refractivity contribution in [2.45, 2.75) is 33.6 Å². The van der Waals surface area contributed by atoms with E-state index in [1.54, 1.807) is 0 Å². The third-order valence-corrected chi connectivity index (χ3v) is 1.19. The van der Waals surface area contributed by atoms with Gasteiger partial charge in [-0.25, -0.2) is 0 Å². The van der Waals surface area contributed by atoms with Gasteiger partial charge in [0.2, 0.25) is 0 Å². The van der Waals surface area contributed by atoms with Crippen LogP contribution in [0.2, 0.25) is 0 Å². The molecule has 0 bridgehead atoms. The van der Waals surface area contributed by atoms with Gasteiger partial charge in [-0.2, -0.15) is 0 Å². The maximum atomic E-state index is 5.34. The molecule has 0 unspecified atom stereocenters. The zero-order valence-corrected chi connectivity index (χ0v) is 8.58. The molecule has 0 aromatic carbocycles. The summed E-state index contributed by atoms with van der Waals surface area (Å²) in [6.45, 7) is 7.40.